The third-order valence-electron chi connectivity index (χ3n) is 2.94. The highest BCUT2D eigenvalue weighted by Crippen LogP contribution is 2.14. The van der Waals surface area contributed by atoms with Crippen LogP contribution in [0.15, 0.2) is 47.1 Å². The molecule has 7 heteroatoms. The van der Waals surface area contributed by atoms with Crippen LogP contribution in [0.1, 0.15) is 18.2 Å². The molecule has 0 amide bonds. The molecule has 0 aliphatic carbocycles. The Morgan fingerprint density at radius 1 is 1.05 bits per heavy atom. The molecule has 0 atom stereocenters. The molecule has 4 N–H and O–H groups in total. The van der Waals surface area contributed by atoms with Crippen LogP contribution in [0.4, 0.5) is 5.69 Å². The minimum absolute atomic E-state index is 0.435. The molecule has 1 aromatic carbocycles. The molecule has 0 saturated heterocycles. The molecule has 1 heterocycles. The number of thiocarbonyl (C=S) groups is 2. The minimum Gasteiger partial charge on any atom is -0.467 e. The van der Waals surface area contributed by atoms with E-state index in [4.69, 9.17) is 28.9 Å². The second-order valence-electron chi connectivity index (χ2n) is 4.48. The van der Waals surface area contributed by atoms with E-state index in [0.29, 0.717) is 16.8 Å². The zero-order valence-electron chi connectivity index (χ0n) is 12.2. The highest BCUT2D eigenvalue weighted by atomic mass is 32.1. The van der Waals surface area contributed by atoms with Crippen LogP contribution in [-0.4, -0.2) is 10.2 Å². The lowest BCUT2D eigenvalue weighted by atomic mass is 10.1. The Morgan fingerprint density at radius 2 is 1.82 bits per heavy atom. The van der Waals surface area contributed by atoms with Crippen molar-refractivity contribution in [3.63, 3.8) is 0 Å². The number of rotatable bonds is 4. The number of anilines is 1. The molecule has 0 aliphatic rings. The molecule has 0 radical (unpaired) electrons. The Balaban J connectivity index is 1.74. The van der Waals surface area contributed by atoms with E-state index in [9.17, 15) is 0 Å². The van der Waals surface area contributed by atoms with Crippen molar-refractivity contribution >= 4 is 40.3 Å². The van der Waals surface area contributed by atoms with Gasteiger partial charge >= 0.3 is 0 Å². The number of aryl methyl sites for hydroxylation is 1. The first-order chi connectivity index (χ1) is 10.7. The Bertz CT molecular complexity index is 628. The maximum atomic E-state index is 5.24. The molecule has 2 rings (SSSR count). The highest BCUT2D eigenvalue weighted by Gasteiger charge is 2.03. The van der Waals surface area contributed by atoms with Gasteiger partial charge < -0.3 is 15.1 Å². The van der Waals surface area contributed by atoms with Gasteiger partial charge in [0.1, 0.15) is 5.76 Å². The van der Waals surface area contributed by atoms with Gasteiger partial charge in [0.25, 0.3) is 0 Å². The first kappa shape index (κ1) is 16.3. The highest BCUT2D eigenvalue weighted by molar-refractivity contribution is 7.80. The summed E-state index contributed by atoms with van der Waals surface area (Å²) in [4.78, 5) is 0. The monoisotopic (exact) mass is 334 g/mol. The number of hydrogen-bond acceptors (Lipinski definition) is 3. The number of hydrogen-bond donors (Lipinski definition) is 4. The van der Waals surface area contributed by atoms with Crippen LogP contribution in [-0.2, 0) is 13.0 Å². The summed E-state index contributed by atoms with van der Waals surface area (Å²) in [5.74, 6) is 0.807. The average Bonchev–Trinajstić information content (AvgIpc) is 3.05. The summed E-state index contributed by atoms with van der Waals surface area (Å²) in [5.41, 5.74) is 7.86. The van der Waals surface area contributed by atoms with Gasteiger partial charge in [0.2, 0.25) is 0 Å². The van der Waals surface area contributed by atoms with Gasteiger partial charge in [0.15, 0.2) is 10.2 Å². The zero-order chi connectivity index (χ0) is 15.8. The third-order valence-corrected chi connectivity index (χ3v) is 3.39. The van der Waals surface area contributed by atoms with Crippen molar-refractivity contribution in [3.8, 4) is 0 Å². The largest absolute Gasteiger partial charge is 0.467 e. The number of para-hydroxylation sites is 1. The van der Waals surface area contributed by atoms with E-state index in [1.54, 1.807) is 6.26 Å². The first-order valence-electron chi connectivity index (χ1n) is 6.90. The minimum atomic E-state index is 0.435. The van der Waals surface area contributed by atoms with E-state index in [1.807, 2.05) is 30.3 Å². The number of nitrogens with one attached hydrogen (secondary N) is 4. The van der Waals surface area contributed by atoms with Crippen LogP contribution in [0, 0.1) is 0 Å². The number of furan rings is 1. The third kappa shape index (κ3) is 5.01. The molecule has 0 fully saturated rings. The van der Waals surface area contributed by atoms with Crippen LogP contribution < -0.4 is 21.5 Å². The van der Waals surface area contributed by atoms with E-state index >= 15 is 0 Å². The molecule has 0 aliphatic heterocycles. The molecular weight excluding hydrogens is 316 g/mol. The molecule has 0 bridgehead atoms. The molecule has 116 valence electrons. The lowest BCUT2D eigenvalue weighted by Crippen LogP contribution is -2.48. The van der Waals surface area contributed by atoms with Gasteiger partial charge in [0, 0.05) is 5.69 Å². The Morgan fingerprint density at radius 3 is 2.55 bits per heavy atom. The quantitative estimate of drug-likeness (QED) is 0.506. The molecule has 0 saturated carbocycles. The standard InChI is InChI=1S/C15H18N4OS2/c1-2-11-6-3-4-8-13(11)17-15(22)19-18-14(21)16-10-12-7-5-9-20-12/h3-9H,2,10H2,1H3,(H2,16,18,21)(H2,17,19,22). The molecule has 0 spiro atoms. The summed E-state index contributed by atoms with van der Waals surface area (Å²) >= 11 is 10.4. The van der Waals surface area contributed by atoms with Crippen LogP contribution >= 0.6 is 24.4 Å². The smallest absolute Gasteiger partial charge is 0.189 e. The Hall–Kier alpha value is -2.12. The molecular formula is C15H18N4OS2. The van der Waals surface area contributed by atoms with Gasteiger partial charge in [-0.3, -0.25) is 10.9 Å². The van der Waals surface area contributed by atoms with E-state index in [1.165, 1.54) is 5.56 Å². The van der Waals surface area contributed by atoms with E-state index in [2.05, 4.69) is 34.5 Å². The number of benzene rings is 1. The van der Waals surface area contributed by atoms with Gasteiger partial charge in [-0.25, -0.2) is 0 Å². The van der Waals surface area contributed by atoms with Crippen LogP contribution in [0.2, 0.25) is 0 Å². The van der Waals surface area contributed by atoms with Gasteiger partial charge in [-0.2, -0.15) is 0 Å². The van der Waals surface area contributed by atoms with Crippen LogP contribution in [0.25, 0.3) is 0 Å². The predicted molar refractivity (Wildman–Crippen MR) is 96.5 cm³/mol. The fourth-order valence-corrected chi connectivity index (χ4v) is 2.13. The fraction of sp³-hybridized carbons (Fsp3) is 0.200. The lowest BCUT2D eigenvalue weighted by Gasteiger charge is -2.15. The van der Waals surface area contributed by atoms with Crippen LogP contribution in [0.3, 0.4) is 0 Å². The molecule has 22 heavy (non-hydrogen) atoms. The van der Waals surface area contributed by atoms with E-state index in [-0.39, 0.29) is 0 Å². The summed E-state index contributed by atoms with van der Waals surface area (Å²) in [6, 6.07) is 11.7. The summed E-state index contributed by atoms with van der Waals surface area (Å²) in [5, 5.41) is 7.02. The average molecular weight is 334 g/mol. The topological polar surface area (TPSA) is 61.3 Å². The molecule has 2 aromatic rings. The van der Waals surface area contributed by atoms with Gasteiger partial charge in [-0.05, 0) is 54.6 Å². The summed E-state index contributed by atoms with van der Waals surface area (Å²) in [6.45, 7) is 2.61. The number of hydrazine groups is 1. The van der Waals surface area contributed by atoms with Crippen molar-refractivity contribution in [1.82, 2.24) is 16.2 Å². The zero-order valence-corrected chi connectivity index (χ0v) is 13.8. The SMILES string of the molecule is CCc1ccccc1NC(=S)NNC(=S)NCc1ccco1. The van der Waals surface area contributed by atoms with Crippen molar-refractivity contribution in [3.05, 3.63) is 54.0 Å². The summed E-state index contributed by atoms with van der Waals surface area (Å²) in [6.07, 6.45) is 2.55. The second kappa shape index (κ2) is 8.35. The van der Waals surface area contributed by atoms with Gasteiger partial charge in [-0.1, -0.05) is 25.1 Å². The van der Waals surface area contributed by atoms with Gasteiger partial charge in [-0.15, -0.1) is 0 Å². The van der Waals surface area contributed by atoms with Crippen LogP contribution in [0.5, 0.6) is 0 Å². The Labute approximate surface area is 140 Å². The lowest BCUT2D eigenvalue weighted by molar-refractivity contribution is 0.502. The van der Waals surface area contributed by atoms with Crippen molar-refractivity contribution < 1.29 is 4.42 Å². The molecule has 0 unspecified atom stereocenters. The second-order valence-corrected chi connectivity index (χ2v) is 5.29. The predicted octanol–water partition coefficient (Wildman–Crippen LogP) is 2.71. The maximum Gasteiger partial charge on any atom is 0.189 e. The maximum absolute atomic E-state index is 5.24. The van der Waals surface area contributed by atoms with E-state index < -0.39 is 0 Å². The normalized spacial score (nSPS) is 9.86. The van der Waals surface area contributed by atoms with Crippen molar-refractivity contribution in [2.75, 3.05) is 5.32 Å². The fourth-order valence-electron chi connectivity index (χ4n) is 1.84. The van der Waals surface area contributed by atoms with Gasteiger partial charge in [0.05, 0.1) is 12.8 Å². The van der Waals surface area contributed by atoms with Crippen molar-refractivity contribution in [2.45, 2.75) is 19.9 Å². The first-order valence-corrected chi connectivity index (χ1v) is 7.72. The molecule has 5 nitrogen and oxygen atoms in total. The van der Waals surface area contributed by atoms with Crippen molar-refractivity contribution in [1.29, 1.82) is 0 Å². The van der Waals surface area contributed by atoms with Crippen molar-refractivity contribution in [2.24, 2.45) is 0 Å². The summed E-state index contributed by atoms with van der Waals surface area (Å²) < 4.78 is 5.21. The molecule has 1 aromatic heterocycles. The summed E-state index contributed by atoms with van der Waals surface area (Å²) in [7, 11) is 0. The Kier molecular flexibility index (Phi) is 6.17. The van der Waals surface area contributed by atoms with E-state index in [0.717, 1.165) is 17.9 Å².